The van der Waals surface area contributed by atoms with Crippen LogP contribution in [0.4, 0.5) is 0 Å². The van der Waals surface area contributed by atoms with Gasteiger partial charge in [-0.25, -0.2) is 0 Å². The molecule has 0 saturated carbocycles. The molecule has 0 aliphatic heterocycles. The van der Waals surface area contributed by atoms with Crippen molar-refractivity contribution in [3.8, 4) is 0 Å². The maximum atomic E-state index is 2.53. The van der Waals surface area contributed by atoms with Gasteiger partial charge in [-0.15, -0.1) is 0 Å². The van der Waals surface area contributed by atoms with E-state index in [1.807, 2.05) is 0 Å². The third-order valence-electron chi connectivity index (χ3n) is 6.98. The molecule has 0 aromatic rings. The van der Waals surface area contributed by atoms with Crippen molar-refractivity contribution in [2.75, 3.05) is 26.2 Å². The number of allylic oxidation sites excluding steroid dienone is 1. The van der Waals surface area contributed by atoms with Crippen LogP contribution in [0, 0.1) is 17.8 Å². The molecule has 2 atom stereocenters. The highest BCUT2D eigenvalue weighted by molar-refractivity contribution is 4.98. The van der Waals surface area contributed by atoms with E-state index >= 15 is 0 Å². The maximum absolute atomic E-state index is 2.53. The van der Waals surface area contributed by atoms with Crippen molar-refractivity contribution in [1.82, 2.24) is 0 Å². The third kappa shape index (κ3) is 15.1. The minimum Gasteiger partial charge on any atom is -1.00 e. The zero-order valence-corrected chi connectivity index (χ0v) is 22.4. The fraction of sp³-hybridized carbons (Fsp3) is 0.923. The summed E-state index contributed by atoms with van der Waals surface area (Å²) in [7, 11) is 0. The molecule has 0 N–H and O–H groups in total. The standard InChI is InChI=1S/C26H54N.BrH/c1-9-27(10-2,11-3)22-21-26(8)20-14-19-25(7)18-13-17-24(6)16-12-15-23(4)5;/h21,23-25H,9-20,22H2,1-8H3;1H/q+1;/p-1/b26-21+;/t24-,25-;/m1./s1. The lowest BCUT2D eigenvalue weighted by Gasteiger charge is -2.35. The molecule has 0 amide bonds. The van der Waals surface area contributed by atoms with E-state index in [4.69, 9.17) is 0 Å². The Kier molecular flexibility index (Phi) is 19.5. The van der Waals surface area contributed by atoms with E-state index in [0.29, 0.717) is 0 Å². The van der Waals surface area contributed by atoms with Crippen LogP contribution in [0.1, 0.15) is 113 Å². The second kappa shape index (κ2) is 18.0. The van der Waals surface area contributed by atoms with Crippen LogP contribution in [0.2, 0.25) is 0 Å². The summed E-state index contributed by atoms with van der Waals surface area (Å²) in [4.78, 5) is 0. The Balaban J connectivity index is 0. The Labute approximate surface area is 190 Å². The first-order valence-corrected chi connectivity index (χ1v) is 12.3. The minimum atomic E-state index is 0. The fourth-order valence-electron chi connectivity index (χ4n) is 4.22. The van der Waals surface area contributed by atoms with Gasteiger partial charge in [0.2, 0.25) is 0 Å². The van der Waals surface area contributed by atoms with Crippen LogP contribution in [0.15, 0.2) is 11.6 Å². The fourth-order valence-corrected chi connectivity index (χ4v) is 4.22. The first-order valence-electron chi connectivity index (χ1n) is 12.3. The van der Waals surface area contributed by atoms with E-state index in [1.165, 1.54) is 88.4 Å². The monoisotopic (exact) mass is 459 g/mol. The summed E-state index contributed by atoms with van der Waals surface area (Å²) in [6, 6.07) is 0. The van der Waals surface area contributed by atoms with Gasteiger partial charge in [0.05, 0.1) is 26.2 Å². The lowest BCUT2D eigenvalue weighted by molar-refractivity contribution is -0.917. The predicted molar refractivity (Wildman–Crippen MR) is 125 cm³/mol. The van der Waals surface area contributed by atoms with Crippen LogP contribution in [0.5, 0.6) is 0 Å². The summed E-state index contributed by atoms with van der Waals surface area (Å²) >= 11 is 0. The average molecular weight is 461 g/mol. The molecular weight excluding hydrogens is 406 g/mol. The van der Waals surface area contributed by atoms with E-state index in [9.17, 15) is 0 Å². The number of nitrogens with zero attached hydrogens (tertiary/aromatic N) is 1. The molecule has 0 aromatic heterocycles. The molecule has 0 aromatic carbocycles. The number of quaternary nitrogens is 1. The molecule has 1 nitrogen and oxygen atoms in total. The summed E-state index contributed by atoms with van der Waals surface area (Å²) in [5.41, 5.74) is 1.61. The molecule has 28 heavy (non-hydrogen) atoms. The van der Waals surface area contributed by atoms with Crippen molar-refractivity contribution in [1.29, 1.82) is 0 Å². The molecule has 0 fully saturated rings. The van der Waals surface area contributed by atoms with Gasteiger partial charge in [0, 0.05) is 0 Å². The van der Waals surface area contributed by atoms with Gasteiger partial charge in [0.25, 0.3) is 0 Å². The predicted octanol–water partition coefficient (Wildman–Crippen LogP) is 5.25. The highest BCUT2D eigenvalue weighted by Crippen LogP contribution is 2.22. The molecule has 0 radical (unpaired) electrons. The zero-order valence-electron chi connectivity index (χ0n) is 20.8. The lowest BCUT2D eigenvalue weighted by atomic mass is 9.91. The van der Waals surface area contributed by atoms with E-state index in [1.54, 1.807) is 5.57 Å². The van der Waals surface area contributed by atoms with Gasteiger partial charge in [-0.2, -0.15) is 0 Å². The van der Waals surface area contributed by atoms with Crippen LogP contribution >= 0.6 is 0 Å². The van der Waals surface area contributed by atoms with Gasteiger partial charge in [-0.05, 0) is 64.4 Å². The molecule has 2 heteroatoms. The molecule has 0 aliphatic carbocycles. The topological polar surface area (TPSA) is 0 Å². The molecule has 170 valence electrons. The first-order chi connectivity index (χ1) is 12.8. The number of likely N-dealkylation sites (N-methyl/N-ethyl adjacent to an activating group) is 1. The number of halogens is 1. The van der Waals surface area contributed by atoms with Crippen molar-refractivity contribution in [3.05, 3.63) is 11.6 Å². The largest absolute Gasteiger partial charge is 1.00 e. The molecule has 0 heterocycles. The molecule has 0 saturated heterocycles. The molecule has 0 spiro atoms. The van der Waals surface area contributed by atoms with Crippen LogP contribution in [0.3, 0.4) is 0 Å². The Morgan fingerprint density at radius 3 is 1.57 bits per heavy atom. The number of rotatable bonds is 17. The SMILES string of the molecule is CC[N+](CC)(CC)C/C=C(\C)CCC[C@H](C)CCC[C@H](C)CCCC(C)C.[Br-]. The average Bonchev–Trinajstić information content (AvgIpc) is 2.63. The van der Waals surface area contributed by atoms with Gasteiger partial charge in [-0.1, -0.05) is 78.2 Å². The smallest absolute Gasteiger partial charge is 0.0976 e. The quantitative estimate of drug-likeness (QED) is 0.205. The Hall–Kier alpha value is 0.180. The molecule has 0 aliphatic rings. The molecule has 0 unspecified atom stereocenters. The Bertz CT molecular complexity index is 362. The van der Waals surface area contributed by atoms with E-state index < -0.39 is 0 Å². The maximum Gasteiger partial charge on any atom is 0.0976 e. The van der Waals surface area contributed by atoms with Crippen LogP contribution in [-0.4, -0.2) is 30.7 Å². The van der Waals surface area contributed by atoms with Gasteiger partial charge in [-0.3, -0.25) is 0 Å². The van der Waals surface area contributed by atoms with Crippen LogP contribution in [0.25, 0.3) is 0 Å². The highest BCUT2D eigenvalue weighted by Gasteiger charge is 2.18. The summed E-state index contributed by atoms with van der Waals surface area (Å²) < 4.78 is 1.24. The van der Waals surface area contributed by atoms with Gasteiger partial charge in [0.15, 0.2) is 0 Å². The number of hydrogen-bond acceptors (Lipinski definition) is 0. The second-order valence-electron chi connectivity index (χ2n) is 9.88. The zero-order chi connectivity index (χ0) is 20.7. The highest BCUT2D eigenvalue weighted by atomic mass is 79.9. The van der Waals surface area contributed by atoms with Crippen LogP contribution < -0.4 is 17.0 Å². The summed E-state index contributed by atoms with van der Waals surface area (Å²) in [6.45, 7) is 24.0. The van der Waals surface area contributed by atoms with Gasteiger partial charge >= 0.3 is 0 Å². The summed E-state index contributed by atoms with van der Waals surface area (Å²) in [6.07, 6.45) is 15.2. The molecular formula is C26H54BrN. The van der Waals surface area contributed by atoms with E-state index in [0.717, 1.165) is 17.8 Å². The molecule has 0 rings (SSSR count). The first kappa shape index (κ1) is 30.4. The van der Waals surface area contributed by atoms with Gasteiger partial charge < -0.3 is 21.5 Å². The van der Waals surface area contributed by atoms with Crippen molar-refractivity contribution in [2.45, 2.75) is 113 Å². The normalized spacial score (nSPS) is 14.8. The van der Waals surface area contributed by atoms with E-state index in [-0.39, 0.29) is 17.0 Å². The lowest BCUT2D eigenvalue weighted by Crippen LogP contribution is -3.00. The van der Waals surface area contributed by atoms with Gasteiger partial charge in [0.1, 0.15) is 0 Å². The van der Waals surface area contributed by atoms with Crippen molar-refractivity contribution >= 4 is 0 Å². The summed E-state index contributed by atoms with van der Waals surface area (Å²) in [5, 5.41) is 0. The third-order valence-corrected chi connectivity index (χ3v) is 6.98. The second-order valence-corrected chi connectivity index (χ2v) is 9.88. The Morgan fingerprint density at radius 1 is 0.714 bits per heavy atom. The minimum absolute atomic E-state index is 0. The summed E-state index contributed by atoms with van der Waals surface area (Å²) in [5.74, 6) is 2.70. The van der Waals surface area contributed by atoms with Crippen LogP contribution in [-0.2, 0) is 0 Å². The van der Waals surface area contributed by atoms with E-state index in [2.05, 4.69) is 61.5 Å². The van der Waals surface area contributed by atoms with Crippen molar-refractivity contribution < 1.29 is 21.5 Å². The van der Waals surface area contributed by atoms with Crippen molar-refractivity contribution in [3.63, 3.8) is 0 Å². The molecule has 0 bridgehead atoms. The Morgan fingerprint density at radius 2 is 1.14 bits per heavy atom. The number of hydrogen-bond donors (Lipinski definition) is 0. The van der Waals surface area contributed by atoms with Crippen molar-refractivity contribution in [2.24, 2.45) is 17.8 Å².